The predicted octanol–water partition coefficient (Wildman–Crippen LogP) is 1.53. The molecule has 0 unspecified atom stereocenters. The minimum Gasteiger partial charge on any atom is -0.342 e. The van der Waals surface area contributed by atoms with E-state index in [-0.39, 0.29) is 25.5 Å². The van der Waals surface area contributed by atoms with Crippen LogP contribution in [0.4, 0.5) is 8.78 Å². The van der Waals surface area contributed by atoms with E-state index in [1.807, 2.05) is 9.80 Å². The molecule has 0 bridgehead atoms. The summed E-state index contributed by atoms with van der Waals surface area (Å²) in [5.41, 5.74) is 0. The number of nitrogens with zero attached hydrogens (tertiary/aromatic N) is 3. The lowest BCUT2D eigenvalue weighted by molar-refractivity contribution is -0.134. The Labute approximate surface area is 158 Å². The summed E-state index contributed by atoms with van der Waals surface area (Å²) in [7, 11) is -4.24. The smallest absolute Gasteiger partial charge is 0.249 e. The number of rotatable bonds is 4. The van der Waals surface area contributed by atoms with Crippen LogP contribution in [-0.2, 0) is 14.8 Å². The van der Waals surface area contributed by atoms with Crippen molar-refractivity contribution >= 4 is 15.9 Å². The maximum Gasteiger partial charge on any atom is 0.249 e. The van der Waals surface area contributed by atoms with E-state index in [2.05, 4.69) is 6.92 Å². The molecule has 6 nitrogen and oxygen atoms in total. The van der Waals surface area contributed by atoms with Gasteiger partial charge in [0.05, 0.1) is 6.54 Å². The maximum absolute atomic E-state index is 13.9. The van der Waals surface area contributed by atoms with E-state index in [1.165, 1.54) is 0 Å². The van der Waals surface area contributed by atoms with E-state index in [1.54, 1.807) is 0 Å². The van der Waals surface area contributed by atoms with Gasteiger partial charge in [-0.15, -0.1) is 0 Å². The molecular weight excluding hydrogens is 376 g/mol. The fraction of sp³-hybridized carbons (Fsp3) is 0.611. The number of amides is 1. The van der Waals surface area contributed by atoms with Crippen molar-refractivity contribution in [3.63, 3.8) is 0 Å². The largest absolute Gasteiger partial charge is 0.342 e. The zero-order valence-corrected chi connectivity index (χ0v) is 16.2. The second kappa shape index (κ2) is 8.20. The number of hydrogen-bond donors (Lipinski definition) is 0. The van der Waals surface area contributed by atoms with Crippen LogP contribution < -0.4 is 0 Å². The highest BCUT2D eigenvalue weighted by molar-refractivity contribution is 7.89. The first-order valence-corrected chi connectivity index (χ1v) is 10.7. The van der Waals surface area contributed by atoms with Crippen LogP contribution in [0, 0.1) is 17.6 Å². The standard InChI is InChI=1S/C18H25F2N3O3S/c1-14-5-7-22(8-6-14)17(24)13-21-9-11-23(12-10-21)27(25,26)18-15(19)3-2-4-16(18)20/h2-4,14H,5-13H2,1H3. The number of piperidine rings is 1. The van der Waals surface area contributed by atoms with Gasteiger partial charge in [0.15, 0.2) is 4.90 Å². The van der Waals surface area contributed by atoms with Crippen molar-refractivity contribution in [1.82, 2.24) is 14.1 Å². The lowest BCUT2D eigenvalue weighted by Gasteiger charge is -2.36. The molecule has 0 aromatic heterocycles. The molecule has 2 fully saturated rings. The topological polar surface area (TPSA) is 60.9 Å². The van der Waals surface area contributed by atoms with Gasteiger partial charge in [-0.05, 0) is 30.9 Å². The van der Waals surface area contributed by atoms with Gasteiger partial charge in [-0.2, -0.15) is 4.31 Å². The molecule has 0 radical (unpaired) electrons. The number of sulfonamides is 1. The summed E-state index contributed by atoms with van der Waals surface area (Å²) < 4.78 is 54.0. The van der Waals surface area contributed by atoms with Gasteiger partial charge in [0.2, 0.25) is 15.9 Å². The van der Waals surface area contributed by atoms with Crippen molar-refractivity contribution in [2.24, 2.45) is 5.92 Å². The van der Waals surface area contributed by atoms with Crippen LogP contribution in [0.3, 0.4) is 0 Å². The summed E-state index contributed by atoms with van der Waals surface area (Å²) >= 11 is 0. The number of carbonyl (C=O) groups is 1. The number of hydrogen-bond acceptors (Lipinski definition) is 4. The summed E-state index contributed by atoms with van der Waals surface area (Å²) in [6.45, 7) is 4.86. The third-order valence-electron chi connectivity index (χ3n) is 5.34. The number of carbonyl (C=O) groups excluding carboxylic acids is 1. The molecule has 27 heavy (non-hydrogen) atoms. The van der Waals surface area contributed by atoms with Gasteiger partial charge in [0, 0.05) is 39.3 Å². The van der Waals surface area contributed by atoms with Gasteiger partial charge >= 0.3 is 0 Å². The summed E-state index contributed by atoms with van der Waals surface area (Å²) in [5.74, 6) is -1.49. The molecule has 150 valence electrons. The molecule has 3 rings (SSSR count). The monoisotopic (exact) mass is 401 g/mol. The highest BCUT2D eigenvalue weighted by Gasteiger charge is 2.33. The van der Waals surface area contributed by atoms with Crippen LogP contribution in [0.15, 0.2) is 23.1 Å². The Bertz CT molecular complexity index is 767. The number of benzene rings is 1. The summed E-state index contributed by atoms with van der Waals surface area (Å²) in [4.78, 5) is 15.3. The van der Waals surface area contributed by atoms with Crippen molar-refractivity contribution in [1.29, 1.82) is 0 Å². The number of piperazine rings is 1. The van der Waals surface area contributed by atoms with Crippen LogP contribution in [-0.4, -0.2) is 74.2 Å². The van der Waals surface area contributed by atoms with Crippen molar-refractivity contribution in [3.8, 4) is 0 Å². The zero-order chi connectivity index (χ0) is 19.6. The molecule has 0 saturated carbocycles. The molecule has 2 saturated heterocycles. The van der Waals surface area contributed by atoms with Crippen molar-refractivity contribution in [2.45, 2.75) is 24.7 Å². The van der Waals surface area contributed by atoms with E-state index < -0.39 is 26.6 Å². The number of likely N-dealkylation sites (tertiary alicyclic amines) is 1. The third kappa shape index (κ3) is 4.47. The second-order valence-electron chi connectivity index (χ2n) is 7.29. The van der Waals surface area contributed by atoms with E-state index in [4.69, 9.17) is 0 Å². The third-order valence-corrected chi connectivity index (χ3v) is 7.29. The Balaban J connectivity index is 1.58. The van der Waals surface area contributed by atoms with E-state index in [0.717, 1.165) is 48.4 Å². The highest BCUT2D eigenvalue weighted by atomic mass is 32.2. The molecule has 2 heterocycles. The van der Waals surface area contributed by atoms with E-state index >= 15 is 0 Å². The Kier molecular flexibility index (Phi) is 6.12. The summed E-state index contributed by atoms with van der Waals surface area (Å²) in [5, 5.41) is 0. The van der Waals surface area contributed by atoms with Crippen LogP contribution >= 0.6 is 0 Å². The van der Waals surface area contributed by atoms with Crippen molar-refractivity contribution in [3.05, 3.63) is 29.8 Å². The van der Waals surface area contributed by atoms with Crippen LogP contribution in [0.2, 0.25) is 0 Å². The molecule has 0 N–H and O–H groups in total. The van der Waals surface area contributed by atoms with Crippen LogP contribution in [0.1, 0.15) is 19.8 Å². The van der Waals surface area contributed by atoms with Gasteiger partial charge < -0.3 is 4.90 Å². The average Bonchev–Trinajstić information content (AvgIpc) is 2.62. The normalized spacial score (nSPS) is 20.8. The molecule has 1 aromatic carbocycles. The Morgan fingerprint density at radius 3 is 2.15 bits per heavy atom. The average molecular weight is 401 g/mol. The predicted molar refractivity (Wildman–Crippen MR) is 96.5 cm³/mol. The van der Waals surface area contributed by atoms with E-state index in [0.29, 0.717) is 19.0 Å². The van der Waals surface area contributed by atoms with Crippen molar-refractivity contribution in [2.75, 3.05) is 45.8 Å². The first-order valence-electron chi connectivity index (χ1n) is 9.23. The Morgan fingerprint density at radius 1 is 1.04 bits per heavy atom. The maximum atomic E-state index is 13.9. The zero-order valence-electron chi connectivity index (χ0n) is 15.4. The first kappa shape index (κ1) is 20.2. The first-order chi connectivity index (χ1) is 12.8. The quantitative estimate of drug-likeness (QED) is 0.768. The number of halogens is 2. The summed E-state index contributed by atoms with van der Waals surface area (Å²) in [6, 6.07) is 3.00. The van der Waals surface area contributed by atoms with Crippen molar-refractivity contribution < 1.29 is 22.0 Å². The van der Waals surface area contributed by atoms with Gasteiger partial charge in [-0.1, -0.05) is 13.0 Å². The van der Waals surface area contributed by atoms with Gasteiger partial charge in [0.1, 0.15) is 11.6 Å². The van der Waals surface area contributed by atoms with Crippen LogP contribution in [0.25, 0.3) is 0 Å². The second-order valence-corrected chi connectivity index (χ2v) is 9.17. The van der Waals surface area contributed by atoms with Gasteiger partial charge in [-0.25, -0.2) is 17.2 Å². The van der Waals surface area contributed by atoms with E-state index in [9.17, 15) is 22.0 Å². The molecule has 1 amide bonds. The molecule has 2 aliphatic rings. The molecule has 1 aromatic rings. The lowest BCUT2D eigenvalue weighted by Crippen LogP contribution is -2.52. The fourth-order valence-corrected chi connectivity index (χ4v) is 5.07. The molecule has 0 spiro atoms. The van der Waals surface area contributed by atoms with Gasteiger partial charge in [-0.3, -0.25) is 9.69 Å². The molecular formula is C18H25F2N3O3S. The minimum absolute atomic E-state index is 0.0540. The SMILES string of the molecule is CC1CCN(C(=O)CN2CCN(S(=O)(=O)c3c(F)cccc3F)CC2)CC1. The Hall–Kier alpha value is -1.58. The molecule has 0 aliphatic carbocycles. The highest BCUT2D eigenvalue weighted by Crippen LogP contribution is 2.23. The summed E-state index contributed by atoms with van der Waals surface area (Å²) in [6.07, 6.45) is 2.01. The van der Waals surface area contributed by atoms with Crippen LogP contribution in [0.5, 0.6) is 0 Å². The minimum atomic E-state index is -4.24. The lowest BCUT2D eigenvalue weighted by atomic mass is 9.99. The molecule has 2 aliphatic heterocycles. The fourth-order valence-electron chi connectivity index (χ4n) is 3.54. The molecule has 9 heteroatoms. The van der Waals surface area contributed by atoms with Gasteiger partial charge in [0.25, 0.3) is 0 Å². The Morgan fingerprint density at radius 2 is 1.59 bits per heavy atom. The molecule has 0 atom stereocenters.